The second-order valence-electron chi connectivity index (χ2n) is 4.72. The predicted molar refractivity (Wildman–Crippen MR) is 84.5 cm³/mol. The van der Waals surface area contributed by atoms with Gasteiger partial charge < -0.3 is 10.6 Å². The van der Waals surface area contributed by atoms with Crippen LogP contribution in [0.25, 0.3) is 0 Å². The van der Waals surface area contributed by atoms with Gasteiger partial charge in [0.1, 0.15) is 4.90 Å². The van der Waals surface area contributed by atoms with Crippen LogP contribution in [0, 0.1) is 11.3 Å². The summed E-state index contributed by atoms with van der Waals surface area (Å²) in [5.41, 5.74) is 6.15. The molecule has 21 heavy (non-hydrogen) atoms. The van der Waals surface area contributed by atoms with Crippen LogP contribution in [0.15, 0.2) is 23.1 Å². The fourth-order valence-corrected chi connectivity index (χ4v) is 4.21. The fraction of sp³-hybridized carbons (Fsp3) is 0.462. The van der Waals surface area contributed by atoms with Gasteiger partial charge in [0.2, 0.25) is 10.0 Å². The molecule has 1 aromatic rings. The molecule has 6 nitrogen and oxygen atoms in total. The third-order valence-electron chi connectivity index (χ3n) is 3.25. The maximum absolute atomic E-state index is 12.2. The Labute approximate surface area is 129 Å². The number of hydrogen-bond donors (Lipinski definition) is 2. The summed E-state index contributed by atoms with van der Waals surface area (Å²) in [7, 11) is -3.63. The van der Waals surface area contributed by atoms with Crippen molar-refractivity contribution in [1.29, 1.82) is 5.26 Å². The number of nitrogen functional groups attached to an aromatic ring is 1. The maximum Gasteiger partial charge on any atom is 0.242 e. The first-order valence-corrected chi connectivity index (χ1v) is 9.26. The first-order chi connectivity index (χ1) is 10.0. The van der Waals surface area contributed by atoms with Crippen LogP contribution >= 0.6 is 11.8 Å². The Bertz CT molecular complexity index is 634. The van der Waals surface area contributed by atoms with Crippen molar-refractivity contribution in [3.05, 3.63) is 23.8 Å². The summed E-state index contributed by atoms with van der Waals surface area (Å²) in [6, 6.07) is 6.12. The minimum absolute atomic E-state index is 0.0238. The van der Waals surface area contributed by atoms with Crippen molar-refractivity contribution >= 4 is 27.5 Å². The summed E-state index contributed by atoms with van der Waals surface area (Å²) in [6.07, 6.45) is 0. The smallest absolute Gasteiger partial charge is 0.242 e. The molecule has 1 saturated heterocycles. The SMILES string of the molecule is N#Cc1ccc(S(=O)(=O)NCCN2CCSCC2)c(N)c1. The Morgan fingerprint density at radius 1 is 1.38 bits per heavy atom. The van der Waals surface area contributed by atoms with Gasteiger partial charge in [-0.3, -0.25) is 0 Å². The minimum atomic E-state index is -3.63. The van der Waals surface area contributed by atoms with Crippen LogP contribution in [0.5, 0.6) is 0 Å². The highest BCUT2D eigenvalue weighted by Crippen LogP contribution is 2.19. The van der Waals surface area contributed by atoms with Gasteiger partial charge in [0.15, 0.2) is 0 Å². The van der Waals surface area contributed by atoms with Gasteiger partial charge in [-0.25, -0.2) is 13.1 Å². The topological polar surface area (TPSA) is 99.2 Å². The van der Waals surface area contributed by atoms with E-state index >= 15 is 0 Å². The number of nitriles is 1. The van der Waals surface area contributed by atoms with E-state index in [1.54, 1.807) is 0 Å². The van der Waals surface area contributed by atoms with Crippen molar-refractivity contribution < 1.29 is 8.42 Å². The number of thioether (sulfide) groups is 1. The van der Waals surface area contributed by atoms with Crippen LogP contribution in [0.2, 0.25) is 0 Å². The molecule has 0 amide bonds. The largest absolute Gasteiger partial charge is 0.398 e. The average Bonchev–Trinajstić information content (AvgIpc) is 2.47. The first-order valence-electron chi connectivity index (χ1n) is 6.62. The fourth-order valence-electron chi connectivity index (χ4n) is 2.10. The van der Waals surface area contributed by atoms with Crippen LogP contribution in [-0.4, -0.2) is 51.0 Å². The molecule has 0 unspecified atom stereocenters. The molecule has 0 aromatic heterocycles. The number of rotatable bonds is 5. The molecule has 1 fully saturated rings. The summed E-state index contributed by atoms with van der Waals surface area (Å²) in [6.45, 7) is 3.03. The quantitative estimate of drug-likeness (QED) is 0.763. The molecule has 1 aliphatic rings. The van der Waals surface area contributed by atoms with E-state index in [-0.39, 0.29) is 10.6 Å². The first kappa shape index (κ1) is 16.1. The Kier molecular flexibility index (Phi) is 5.47. The average molecular weight is 326 g/mol. The zero-order valence-corrected chi connectivity index (χ0v) is 13.2. The van der Waals surface area contributed by atoms with Gasteiger partial charge in [-0.05, 0) is 18.2 Å². The van der Waals surface area contributed by atoms with E-state index in [1.807, 2.05) is 17.8 Å². The highest BCUT2D eigenvalue weighted by molar-refractivity contribution is 7.99. The van der Waals surface area contributed by atoms with Gasteiger partial charge in [-0.1, -0.05) is 0 Å². The number of nitrogens with zero attached hydrogens (tertiary/aromatic N) is 2. The third kappa shape index (κ3) is 4.35. The molecule has 8 heteroatoms. The molecule has 0 bridgehead atoms. The molecule has 1 heterocycles. The van der Waals surface area contributed by atoms with E-state index in [0.29, 0.717) is 18.7 Å². The Balaban J connectivity index is 1.96. The normalized spacial score (nSPS) is 16.5. The zero-order valence-electron chi connectivity index (χ0n) is 11.6. The predicted octanol–water partition coefficient (Wildman–Crippen LogP) is 0.468. The Morgan fingerprint density at radius 2 is 2.10 bits per heavy atom. The Hall–Kier alpha value is -1.27. The number of nitrogens with one attached hydrogen (secondary N) is 1. The summed E-state index contributed by atoms with van der Waals surface area (Å²) < 4.78 is 27.0. The molecule has 3 N–H and O–H groups in total. The lowest BCUT2D eigenvalue weighted by molar-refractivity contribution is 0.307. The lowest BCUT2D eigenvalue weighted by atomic mass is 10.2. The minimum Gasteiger partial charge on any atom is -0.398 e. The summed E-state index contributed by atoms with van der Waals surface area (Å²) in [5.74, 6) is 2.19. The third-order valence-corrected chi connectivity index (χ3v) is 5.73. The second-order valence-corrected chi connectivity index (χ2v) is 7.68. The highest BCUT2D eigenvalue weighted by atomic mass is 32.2. The van der Waals surface area contributed by atoms with E-state index in [2.05, 4.69) is 9.62 Å². The molecule has 0 atom stereocenters. The van der Waals surface area contributed by atoms with Gasteiger partial charge >= 0.3 is 0 Å². The molecule has 0 spiro atoms. The van der Waals surface area contributed by atoms with Crippen LogP contribution in [0.3, 0.4) is 0 Å². The van der Waals surface area contributed by atoms with Crippen LogP contribution in [0.1, 0.15) is 5.56 Å². The van der Waals surface area contributed by atoms with Crippen LogP contribution < -0.4 is 10.5 Å². The molecule has 0 aliphatic carbocycles. The van der Waals surface area contributed by atoms with Crippen LogP contribution in [-0.2, 0) is 10.0 Å². The van der Waals surface area contributed by atoms with Crippen LogP contribution in [0.4, 0.5) is 5.69 Å². The second kappa shape index (κ2) is 7.13. The van der Waals surface area contributed by atoms with Crippen molar-refractivity contribution in [2.45, 2.75) is 4.90 Å². The van der Waals surface area contributed by atoms with E-state index < -0.39 is 10.0 Å². The number of benzene rings is 1. The van der Waals surface area contributed by atoms with Gasteiger partial charge in [-0.15, -0.1) is 0 Å². The number of nitrogens with two attached hydrogens (primary N) is 1. The summed E-state index contributed by atoms with van der Waals surface area (Å²) in [4.78, 5) is 2.26. The molecular formula is C13H18N4O2S2. The lowest BCUT2D eigenvalue weighted by Gasteiger charge is -2.26. The van der Waals surface area contributed by atoms with Gasteiger partial charge in [0.25, 0.3) is 0 Å². The highest BCUT2D eigenvalue weighted by Gasteiger charge is 2.18. The van der Waals surface area contributed by atoms with Gasteiger partial charge in [0, 0.05) is 37.7 Å². The lowest BCUT2D eigenvalue weighted by Crippen LogP contribution is -2.39. The molecule has 114 valence electrons. The standard InChI is InChI=1S/C13H18N4O2S2/c14-10-11-1-2-13(12(15)9-11)21(18,19)16-3-4-17-5-7-20-8-6-17/h1-2,9,16H,3-8,15H2. The van der Waals surface area contributed by atoms with Crippen molar-refractivity contribution in [2.75, 3.05) is 43.4 Å². The maximum atomic E-state index is 12.2. The zero-order chi connectivity index (χ0) is 15.3. The van der Waals surface area contributed by atoms with E-state index in [9.17, 15) is 8.42 Å². The molecule has 2 rings (SSSR count). The molecule has 1 aliphatic heterocycles. The molecule has 0 radical (unpaired) electrons. The number of hydrogen-bond acceptors (Lipinski definition) is 6. The summed E-state index contributed by atoms with van der Waals surface area (Å²) >= 11 is 1.92. The number of sulfonamides is 1. The number of anilines is 1. The molecular weight excluding hydrogens is 308 g/mol. The summed E-state index contributed by atoms with van der Waals surface area (Å²) in [5, 5.41) is 8.76. The van der Waals surface area contributed by atoms with E-state index in [0.717, 1.165) is 24.6 Å². The molecule has 1 aromatic carbocycles. The monoisotopic (exact) mass is 326 g/mol. The van der Waals surface area contributed by atoms with Crippen molar-refractivity contribution in [1.82, 2.24) is 9.62 Å². The van der Waals surface area contributed by atoms with Crippen molar-refractivity contribution in [3.63, 3.8) is 0 Å². The Morgan fingerprint density at radius 3 is 2.71 bits per heavy atom. The van der Waals surface area contributed by atoms with E-state index in [4.69, 9.17) is 11.0 Å². The van der Waals surface area contributed by atoms with Crippen molar-refractivity contribution in [2.24, 2.45) is 0 Å². The molecule has 0 saturated carbocycles. The van der Waals surface area contributed by atoms with Gasteiger partial charge in [0.05, 0.1) is 17.3 Å². The van der Waals surface area contributed by atoms with Crippen molar-refractivity contribution in [3.8, 4) is 6.07 Å². The van der Waals surface area contributed by atoms with E-state index in [1.165, 1.54) is 18.2 Å². The van der Waals surface area contributed by atoms with Gasteiger partial charge in [-0.2, -0.15) is 17.0 Å².